The first-order chi connectivity index (χ1) is 8.93. The second kappa shape index (κ2) is 3.70. The maximum Gasteiger partial charge on any atom is 0.232 e. The Morgan fingerprint density at radius 1 is 1.21 bits per heavy atom. The maximum atomic E-state index is 12.6. The van der Waals surface area contributed by atoms with Gasteiger partial charge in [-0.25, -0.2) is 0 Å². The molecule has 1 aromatic rings. The molecule has 0 unspecified atom stereocenters. The van der Waals surface area contributed by atoms with Gasteiger partial charge in [0.05, 0.1) is 17.7 Å². The van der Waals surface area contributed by atoms with Crippen molar-refractivity contribution < 1.29 is 19.4 Å². The van der Waals surface area contributed by atoms with E-state index in [9.17, 15) is 14.7 Å². The van der Waals surface area contributed by atoms with Gasteiger partial charge in [-0.1, -0.05) is 6.92 Å². The third-order valence-electron chi connectivity index (χ3n) is 3.95. The third-order valence-corrected chi connectivity index (χ3v) is 3.95. The van der Waals surface area contributed by atoms with Gasteiger partial charge in [-0.3, -0.25) is 9.59 Å². The van der Waals surface area contributed by atoms with Gasteiger partial charge in [0, 0.05) is 11.5 Å². The number of carbonyl (C=O) groups is 2. The summed E-state index contributed by atoms with van der Waals surface area (Å²) in [5, 5.41) is 9.98. The van der Waals surface area contributed by atoms with Crippen LogP contribution in [-0.4, -0.2) is 23.3 Å². The van der Waals surface area contributed by atoms with Crippen molar-refractivity contribution in [3.63, 3.8) is 0 Å². The fourth-order valence-electron chi connectivity index (χ4n) is 2.77. The lowest BCUT2D eigenvalue weighted by atomic mass is 9.81. The molecule has 1 aliphatic heterocycles. The van der Waals surface area contributed by atoms with Crippen LogP contribution in [0.15, 0.2) is 17.4 Å². The van der Waals surface area contributed by atoms with Gasteiger partial charge in [0.25, 0.3) is 0 Å². The van der Waals surface area contributed by atoms with Crippen LogP contribution in [0, 0.1) is 19.8 Å². The Balaban J connectivity index is 2.35. The Hall–Kier alpha value is -2.10. The van der Waals surface area contributed by atoms with Crippen molar-refractivity contribution in [1.29, 1.82) is 0 Å². The average molecular weight is 258 g/mol. The lowest BCUT2D eigenvalue weighted by molar-refractivity contribution is 0.0909. The summed E-state index contributed by atoms with van der Waals surface area (Å²) in [5.41, 5.74) is 2.41. The van der Waals surface area contributed by atoms with Crippen LogP contribution in [0.5, 0.6) is 5.75 Å². The second-order valence-electron chi connectivity index (χ2n) is 5.20. The smallest absolute Gasteiger partial charge is 0.232 e. The van der Waals surface area contributed by atoms with Gasteiger partial charge in [-0.15, -0.1) is 0 Å². The van der Waals surface area contributed by atoms with E-state index in [2.05, 4.69) is 0 Å². The van der Waals surface area contributed by atoms with Gasteiger partial charge < -0.3 is 9.84 Å². The van der Waals surface area contributed by atoms with E-state index in [1.54, 1.807) is 6.92 Å². The highest BCUT2D eigenvalue weighted by Crippen LogP contribution is 2.40. The number of hydrogen-bond acceptors (Lipinski definition) is 4. The molecule has 0 saturated carbocycles. The molecule has 0 radical (unpaired) electrons. The summed E-state index contributed by atoms with van der Waals surface area (Å²) >= 11 is 0. The zero-order valence-electron chi connectivity index (χ0n) is 11.0. The molecule has 3 rings (SSSR count). The summed E-state index contributed by atoms with van der Waals surface area (Å²) in [4.78, 5) is 25.0. The van der Waals surface area contributed by atoms with Crippen molar-refractivity contribution in [2.45, 2.75) is 20.8 Å². The number of carbonyl (C=O) groups excluding carboxylic acids is 2. The van der Waals surface area contributed by atoms with Crippen LogP contribution >= 0.6 is 0 Å². The summed E-state index contributed by atoms with van der Waals surface area (Å²) < 4.78 is 5.33. The summed E-state index contributed by atoms with van der Waals surface area (Å²) in [5.74, 6) is -0.683. The standard InChI is InChI=1S/C15H14O4/c1-6-4-9(16)12-11(8(6)3)13(17)10-7(2)5-19-15(10)14(12)18/h4,7,16H,5H2,1-3H3/t7-/m0/s1. The minimum atomic E-state index is -0.380. The number of aromatic hydroxyl groups is 1. The Labute approximate surface area is 110 Å². The van der Waals surface area contributed by atoms with Crippen LogP contribution in [0.25, 0.3) is 0 Å². The molecule has 0 amide bonds. The number of aryl methyl sites for hydroxylation is 1. The van der Waals surface area contributed by atoms with Crippen LogP contribution in [0.1, 0.15) is 38.8 Å². The molecule has 0 fully saturated rings. The van der Waals surface area contributed by atoms with E-state index < -0.39 is 0 Å². The van der Waals surface area contributed by atoms with Crippen LogP contribution in [0.2, 0.25) is 0 Å². The van der Waals surface area contributed by atoms with E-state index in [0.717, 1.165) is 11.1 Å². The summed E-state index contributed by atoms with van der Waals surface area (Å²) in [6, 6.07) is 1.52. The number of benzene rings is 1. The monoisotopic (exact) mass is 258 g/mol. The predicted molar refractivity (Wildman–Crippen MR) is 68.4 cm³/mol. The molecular weight excluding hydrogens is 244 g/mol. The van der Waals surface area contributed by atoms with E-state index in [-0.39, 0.29) is 34.6 Å². The normalized spacial score (nSPS) is 21.3. The highest BCUT2D eigenvalue weighted by atomic mass is 16.5. The molecule has 0 spiro atoms. The zero-order valence-corrected chi connectivity index (χ0v) is 11.0. The predicted octanol–water partition coefficient (Wildman–Crippen LogP) is 2.31. The highest BCUT2D eigenvalue weighted by Gasteiger charge is 2.42. The fraction of sp³-hybridized carbons (Fsp3) is 0.333. The van der Waals surface area contributed by atoms with E-state index in [1.807, 2.05) is 13.8 Å². The molecule has 4 nitrogen and oxygen atoms in total. The molecule has 0 bridgehead atoms. The average Bonchev–Trinajstić information content (AvgIpc) is 2.73. The van der Waals surface area contributed by atoms with Crippen LogP contribution in [0.3, 0.4) is 0 Å². The first-order valence-corrected chi connectivity index (χ1v) is 6.23. The van der Waals surface area contributed by atoms with Gasteiger partial charge >= 0.3 is 0 Å². The molecule has 1 aliphatic carbocycles. The van der Waals surface area contributed by atoms with E-state index in [0.29, 0.717) is 17.7 Å². The van der Waals surface area contributed by atoms with Crippen LogP contribution < -0.4 is 0 Å². The van der Waals surface area contributed by atoms with Crippen molar-refractivity contribution in [2.75, 3.05) is 6.61 Å². The maximum absolute atomic E-state index is 12.6. The van der Waals surface area contributed by atoms with E-state index in [4.69, 9.17) is 4.74 Å². The Bertz CT molecular complexity index is 667. The van der Waals surface area contributed by atoms with Crippen molar-refractivity contribution in [3.05, 3.63) is 39.7 Å². The van der Waals surface area contributed by atoms with Gasteiger partial charge in [-0.2, -0.15) is 0 Å². The molecule has 4 heteroatoms. The first kappa shape index (κ1) is 12.0. The van der Waals surface area contributed by atoms with Crippen molar-refractivity contribution in [2.24, 2.45) is 5.92 Å². The Morgan fingerprint density at radius 3 is 2.58 bits per heavy atom. The van der Waals surface area contributed by atoms with E-state index in [1.165, 1.54) is 6.07 Å². The van der Waals surface area contributed by atoms with Crippen LogP contribution in [0.4, 0.5) is 0 Å². The van der Waals surface area contributed by atoms with Crippen molar-refractivity contribution in [3.8, 4) is 5.75 Å². The number of allylic oxidation sites excluding steroid dienone is 1. The SMILES string of the molecule is Cc1cc(O)c2c(c1C)C(=O)C1=C(OC[C@@H]1C)C2=O. The molecule has 0 saturated heterocycles. The topological polar surface area (TPSA) is 63.6 Å². The van der Waals surface area contributed by atoms with E-state index >= 15 is 0 Å². The minimum absolute atomic E-state index is 0.0818. The fourth-order valence-corrected chi connectivity index (χ4v) is 2.77. The minimum Gasteiger partial charge on any atom is -0.507 e. The molecule has 1 heterocycles. The highest BCUT2D eigenvalue weighted by molar-refractivity contribution is 6.28. The second-order valence-corrected chi connectivity index (χ2v) is 5.20. The molecule has 1 aromatic carbocycles. The number of ether oxygens (including phenoxy) is 1. The van der Waals surface area contributed by atoms with Crippen molar-refractivity contribution >= 4 is 11.6 Å². The molecule has 1 N–H and O–H groups in total. The summed E-state index contributed by atoms with van der Waals surface area (Å²) in [6.45, 7) is 5.81. The number of phenolic OH excluding ortho intramolecular Hbond substituents is 1. The third kappa shape index (κ3) is 1.40. The van der Waals surface area contributed by atoms with Gasteiger partial charge in [-0.05, 0) is 31.0 Å². The molecular formula is C15H14O4. The quantitative estimate of drug-likeness (QED) is 0.775. The van der Waals surface area contributed by atoms with Gasteiger partial charge in [0.1, 0.15) is 5.75 Å². The number of ketones is 2. The number of hydrogen-bond donors (Lipinski definition) is 1. The van der Waals surface area contributed by atoms with Gasteiger partial charge in [0.15, 0.2) is 11.5 Å². The first-order valence-electron chi connectivity index (χ1n) is 6.23. The molecule has 19 heavy (non-hydrogen) atoms. The molecule has 1 atom stereocenters. The number of rotatable bonds is 0. The zero-order chi connectivity index (χ0) is 13.9. The van der Waals surface area contributed by atoms with Crippen molar-refractivity contribution in [1.82, 2.24) is 0 Å². The molecule has 0 aromatic heterocycles. The van der Waals surface area contributed by atoms with Crippen LogP contribution in [-0.2, 0) is 4.74 Å². The van der Waals surface area contributed by atoms with Gasteiger partial charge in [0.2, 0.25) is 5.78 Å². The largest absolute Gasteiger partial charge is 0.507 e. The lowest BCUT2D eigenvalue weighted by Gasteiger charge is -2.20. The summed E-state index contributed by atoms with van der Waals surface area (Å²) in [6.07, 6.45) is 0. The Morgan fingerprint density at radius 2 is 1.89 bits per heavy atom. The number of fused-ring (bicyclic) bond motifs is 1. The number of phenols is 1. The Kier molecular flexibility index (Phi) is 2.33. The lowest BCUT2D eigenvalue weighted by Crippen LogP contribution is -2.23. The molecule has 98 valence electrons. The molecule has 2 aliphatic rings. The number of Topliss-reactive ketones (excluding diaryl/α,β-unsaturated/α-hetero) is 2. The summed E-state index contributed by atoms with van der Waals surface area (Å²) in [7, 11) is 0.